The Morgan fingerprint density at radius 1 is 1.28 bits per heavy atom. The van der Waals surface area contributed by atoms with Crippen molar-refractivity contribution < 1.29 is 4.79 Å². The average molecular weight is 261 g/mol. The number of halogens is 1. The van der Waals surface area contributed by atoms with Gasteiger partial charge >= 0.3 is 0 Å². The molecule has 0 aliphatic heterocycles. The van der Waals surface area contributed by atoms with Crippen LogP contribution in [0.4, 0.5) is 0 Å². The molecule has 1 amide bonds. The molecular weight excluding hydrogens is 248 g/mol. The van der Waals surface area contributed by atoms with Gasteiger partial charge < -0.3 is 5.32 Å². The van der Waals surface area contributed by atoms with Gasteiger partial charge in [0, 0.05) is 23.0 Å². The molecule has 0 saturated carbocycles. The highest BCUT2D eigenvalue weighted by Crippen LogP contribution is 2.17. The third-order valence-corrected chi connectivity index (χ3v) is 2.87. The topological polar surface area (TPSA) is 42.0 Å². The number of hydrogen-bond acceptors (Lipinski definition) is 2. The van der Waals surface area contributed by atoms with Crippen molar-refractivity contribution in [3.63, 3.8) is 0 Å². The van der Waals surface area contributed by atoms with Gasteiger partial charge in [0.25, 0.3) is 5.91 Å². The Morgan fingerprint density at radius 3 is 2.67 bits per heavy atom. The first kappa shape index (κ1) is 12.6. The van der Waals surface area contributed by atoms with E-state index in [1.165, 1.54) is 0 Å². The Morgan fingerprint density at radius 2 is 2.00 bits per heavy atom. The second-order valence-corrected chi connectivity index (χ2v) is 4.42. The van der Waals surface area contributed by atoms with Crippen LogP contribution in [0.25, 0.3) is 0 Å². The lowest BCUT2D eigenvalue weighted by molar-refractivity contribution is 0.0940. The Balaban J connectivity index is 2.08. The van der Waals surface area contributed by atoms with Crippen LogP contribution in [0.5, 0.6) is 0 Å². The number of carbonyl (C=O) groups is 1. The minimum atomic E-state index is -0.120. The van der Waals surface area contributed by atoms with Gasteiger partial charge in [-0.3, -0.25) is 9.78 Å². The molecule has 1 heterocycles. The van der Waals surface area contributed by atoms with Crippen LogP contribution in [-0.4, -0.2) is 10.9 Å². The fraction of sp³-hybridized carbons (Fsp3) is 0.143. The largest absolute Gasteiger partial charge is 0.346 e. The van der Waals surface area contributed by atoms with Crippen molar-refractivity contribution in [1.29, 1.82) is 0 Å². The summed E-state index contributed by atoms with van der Waals surface area (Å²) in [5.74, 6) is -0.120. The summed E-state index contributed by atoms with van der Waals surface area (Å²) in [6, 6.07) is 10.7. The monoisotopic (exact) mass is 260 g/mol. The Hall–Kier alpha value is -1.87. The highest BCUT2D eigenvalue weighted by molar-refractivity contribution is 6.30. The summed E-state index contributed by atoms with van der Waals surface area (Å²) in [6.07, 6.45) is 3.19. The molecule has 0 saturated heterocycles. The maximum Gasteiger partial charge on any atom is 0.251 e. The number of amides is 1. The average Bonchev–Trinajstić information content (AvgIpc) is 2.39. The second kappa shape index (κ2) is 5.65. The summed E-state index contributed by atoms with van der Waals surface area (Å²) in [6.45, 7) is 1.92. The van der Waals surface area contributed by atoms with Crippen LogP contribution < -0.4 is 5.32 Å². The van der Waals surface area contributed by atoms with Crippen LogP contribution in [0.15, 0.2) is 48.8 Å². The lowest BCUT2D eigenvalue weighted by Crippen LogP contribution is -2.26. The molecule has 1 N–H and O–H groups in total. The molecule has 0 bridgehead atoms. The van der Waals surface area contributed by atoms with E-state index < -0.39 is 0 Å². The molecule has 0 unspecified atom stereocenters. The highest BCUT2D eigenvalue weighted by atomic mass is 35.5. The van der Waals surface area contributed by atoms with Crippen LogP contribution in [0.2, 0.25) is 5.02 Å². The summed E-state index contributed by atoms with van der Waals surface area (Å²) < 4.78 is 0. The third-order valence-electron chi connectivity index (χ3n) is 2.64. The highest BCUT2D eigenvalue weighted by Gasteiger charge is 2.11. The maximum absolute atomic E-state index is 11.9. The molecule has 0 spiro atoms. The van der Waals surface area contributed by atoms with E-state index in [0.717, 1.165) is 5.56 Å². The minimum absolute atomic E-state index is 0.0932. The van der Waals surface area contributed by atoms with E-state index in [1.807, 2.05) is 31.2 Å². The number of carbonyl (C=O) groups excluding carboxylic acids is 1. The molecule has 3 nitrogen and oxygen atoms in total. The lowest BCUT2D eigenvalue weighted by atomic mass is 10.1. The van der Waals surface area contributed by atoms with Gasteiger partial charge in [-0.05, 0) is 36.8 Å². The zero-order valence-corrected chi connectivity index (χ0v) is 10.7. The van der Waals surface area contributed by atoms with E-state index in [4.69, 9.17) is 11.6 Å². The lowest BCUT2D eigenvalue weighted by Gasteiger charge is -2.14. The molecular formula is C14H13ClN2O. The van der Waals surface area contributed by atoms with Crippen molar-refractivity contribution in [1.82, 2.24) is 10.3 Å². The quantitative estimate of drug-likeness (QED) is 0.921. The van der Waals surface area contributed by atoms with Gasteiger partial charge in [-0.25, -0.2) is 0 Å². The van der Waals surface area contributed by atoms with Crippen molar-refractivity contribution in [2.45, 2.75) is 13.0 Å². The molecule has 0 aliphatic carbocycles. The molecule has 4 heteroatoms. The second-order valence-electron chi connectivity index (χ2n) is 3.99. The Labute approximate surface area is 111 Å². The first-order valence-corrected chi connectivity index (χ1v) is 6.01. The fourth-order valence-electron chi connectivity index (χ4n) is 1.64. The van der Waals surface area contributed by atoms with Gasteiger partial charge in [0.1, 0.15) is 0 Å². The Kier molecular flexibility index (Phi) is 3.95. The molecule has 2 rings (SSSR count). The van der Waals surface area contributed by atoms with Crippen LogP contribution in [0.3, 0.4) is 0 Å². The molecule has 0 radical (unpaired) electrons. The van der Waals surface area contributed by atoms with Crippen LogP contribution in [0, 0.1) is 0 Å². The van der Waals surface area contributed by atoms with E-state index in [0.29, 0.717) is 10.6 Å². The smallest absolute Gasteiger partial charge is 0.251 e. The summed E-state index contributed by atoms with van der Waals surface area (Å²) in [4.78, 5) is 15.8. The van der Waals surface area contributed by atoms with E-state index in [9.17, 15) is 4.79 Å². The van der Waals surface area contributed by atoms with E-state index >= 15 is 0 Å². The standard InChI is InChI=1S/C14H13ClN2O/c1-10(12-3-2-4-13(15)9-12)17-14(18)11-5-7-16-8-6-11/h2-10H,1H3,(H,17,18)/t10-/m0/s1. The first-order valence-electron chi connectivity index (χ1n) is 5.63. The number of hydrogen-bond donors (Lipinski definition) is 1. The summed E-state index contributed by atoms with van der Waals surface area (Å²) >= 11 is 5.92. The normalized spacial score (nSPS) is 11.9. The zero-order valence-electron chi connectivity index (χ0n) is 9.93. The van der Waals surface area contributed by atoms with E-state index in [2.05, 4.69) is 10.3 Å². The number of benzene rings is 1. The van der Waals surface area contributed by atoms with Crippen molar-refractivity contribution in [3.8, 4) is 0 Å². The number of pyridine rings is 1. The number of nitrogens with one attached hydrogen (secondary N) is 1. The molecule has 18 heavy (non-hydrogen) atoms. The molecule has 0 aliphatic rings. The first-order chi connectivity index (χ1) is 8.66. The maximum atomic E-state index is 11.9. The van der Waals surface area contributed by atoms with Crippen LogP contribution in [-0.2, 0) is 0 Å². The zero-order chi connectivity index (χ0) is 13.0. The van der Waals surface area contributed by atoms with Crippen molar-refractivity contribution >= 4 is 17.5 Å². The summed E-state index contributed by atoms with van der Waals surface area (Å²) in [5.41, 5.74) is 1.57. The molecule has 1 atom stereocenters. The van der Waals surface area contributed by atoms with E-state index in [1.54, 1.807) is 24.5 Å². The number of nitrogens with zero attached hydrogens (tertiary/aromatic N) is 1. The van der Waals surface area contributed by atoms with Gasteiger partial charge in [-0.1, -0.05) is 23.7 Å². The molecule has 1 aromatic carbocycles. The van der Waals surface area contributed by atoms with Crippen molar-refractivity contribution in [2.24, 2.45) is 0 Å². The molecule has 92 valence electrons. The van der Waals surface area contributed by atoms with Crippen molar-refractivity contribution in [2.75, 3.05) is 0 Å². The third kappa shape index (κ3) is 3.08. The van der Waals surface area contributed by atoms with Crippen LogP contribution >= 0.6 is 11.6 Å². The minimum Gasteiger partial charge on any atom is -0.346 e. The van der Waals surface area contributed by atoms with Gasteiger partial charge in [-0.2, -0.15) is 0 Å². The van der Waals surface area contributed by atoms with Gasteiger partial charge in [0.15, 0.2) is 0 Å². The van der Waals surface area contributed by atoms with Gasteiger partial charge in [0.05, 0.1) is 6.04 Å². The SMILES string of the molecule is C[C@H](NC(=O)c1ccncc1)c1cccc(Cl)c1. The number of rotatable bonds is 3. The fourth-order valence-corrected chi connectivity index (χ4v) is 1.84. The van der Waals surface area contributed by atoms with Gasteiger partial charge in [0.2, 0.25) is 0 Å². The molecule has 0 fully saturated rings. The molecule has 1 aromatic heterocycles. The molecule has 2 aromatic rings. The Bertz CT molecular complexity index is 543. The summed E-state index contributed by atoms with van der Waals surface area (Å²) in [7, 11) is 0. The van der Waals surface area contributed by atoms with Gasteiger partial charge in [-0.15, -0.1) is 0 Å². The number of aromatic nitrogens is 1. The van der Waals surface area contributed by atoms with Crippen molar-refractivity contribution in [3.05, 3.63) is 64.9 Å². The summed E-state index contributed by atoms with van der Waals surface area (Å²) in [5, 5.41) is 3.58. The predicted molar refractivity (Wildman–Crippen MR) is 71.6 cm³/mol. The predicted octanol–water partition coefficient (Wildman–Crippen LogP) is 3.23. The van der Waals surface area contributed by atoms with E-state index in [-0.39, 0.29) is 11.9 Å². The van der Waals surface area contributed by atoms with Crippen LogP contribution in [0.1, 0.15) is 28.9 Å².